The molecule has 1 heterocycles. The molecule has 1 N–H and O–H groups in total. The summed E-state index contributed by atoms with van der Waals surface area (Å²) in [4.78, 5) is 38.7. The highest BCUT2D eigenvalue weighted by atomic mass is 79.9. The summed E-state index contributed by atoms with van der Waals surface area (Å²) in [6, 6.07) is 5.62. The Morgan fingerprint density at radius 2 is 1.84 bits per heavy atom. The molecule has 25 heavy (non-hydrogen) atoms. The van der Waals surface area contributed by atoms with E-state index in [4.69, 9.17) is 0 Å². The van der Waals surface area contributed by atoms with Crippen LogP contribution < -0.4 is 5.32 Å². The number of aryl methyl sites for hydroxylation is 1. The largest absolute Gasteiger partial charge is 0.326 e. The number of likely N-dealkylation sites (tertiary alicyclic amines) is 1. The third kappa shape index (κ3) is 2.72. The summed E-state index contributed by atoms with van der Waals surface area (Å²) in [7, 11) is 0. The van der Waals surface area contributed by atoms with Gasteiger partial charge in [0.15, 0.2) is 0 Å². The van der Waals surface area contributed by atoms with Crippen LogP contribution in [0.25, 0.3) is 0 Å². The Morgan fingerprint density at radius 1 is 1.20 bits per heavy atom. The fourth-order valence-corrected chi connectivity index (χ4v) is 4.85. The summed E-state index contributed by atoms with van der Waals surface area (Å²) in [6.07, 6.45) is 5.19. The molecule has 1 aliphatic heterocycles. The van der Waals surface area contributed by atoms with E-state index < -0.39 is 0 Å². The third-order valence-electron chi connectivity index (χ3n) is 5.59. The van der Waals surface area contributed by atoms with Crippen LogP contribution in [0.3, 0.4) is 0 Å². The lowest BCUT2D eigenvalue weighted by atomic mass is 9.85. The van der Waals surface area contributed by atoms with E-state index in [-0.39, 0.29) is 54.4 Å². The number of benzene rings is 1. The van der Waals surface area contributed by atoms with Crippen molar-refractivity contribution in [2.45, 2.75) is 19.8 Å². The number of fused-ring (bicyclic) bond motifs is 5. The van der Waals surface area contributed by atoms with Crippen molar-refractivity contribution in [2.24, 2.45) is 23.7 Å². The molecule has 130 valence electrons. The number of imide groups is 1. The van der Waals surface area contributed by atoms with Crippen LogP contribution in [0, 0.1) is 30.6 Å². The number of nitrogens with one attached hydrogen (secondary N) is 1. The number of allylic oxidation sites excluding steroid dienone is 2. The lowest BCUT2D eigenvalue weighted by Crippen LogP contribution is -2.35. The average Bonchev–Trinajstić information content (AvgIpc) is 3.23. The van der Waals surface area contributed by atoms with Gasteiger partial charge in [-0.05, 0) is 48.9 Å². The molecule has 1 saturated carbocycles. The van der Waals surface area contributed by atoms with Gasteiger partial charge in [0.05, 0.1) is 11.8 Å². The monoisotopic (exact) mass is 402 g/mol. The molecule has 2 fully saturated rings. The molecule has 4 rings (SSSR count). The maximum Gasteiger partial charge on any atom is 0.233 e. The Kier molecular flexibility index (Phi) is 4.02. The van der Waals surface area contributed by atoms with Gasteiger partial charge < -0.3 is 5.32 Å². The molecule has 6 heteroatoms. The zero-order valence-electron chi connectivity index (χ0n) is 13.9. The van der Waals surface area contributed by atoms with E-state index in [9.17, 15) is 14.4 Å². The molecule has 4 atom stereocenters. The van der Waals surface area contributed by atoms with Gasteiger partial charge >= 0.3 is 0 Å². The van der Waals surface area contributed by atoms with E-state index in [1.54, 1.807) is 0 Å². The predicted molar refractivity (Wildman–Crippen MR) is 96.6 cm³/mol. The van der Waals surface area contributed by atoms with Crippen molar-refractivity contribution in [1.82, 2.24) is 4.90 Å². The molecule has 4 unspecified atom stereocenters. The van der Waals surface area contributed by atoms with Crippen LogP contribution in [0.2, 0.25) is 0 Å². The minimum absolute atomic E-state index is 0.0977. The number of amides is 3. The topological polar surface area (TPSA) is 66.5 Å². The number of rotatable bonds is 4. The Bertz CT molecular complexity index is 774. The van der Waals surface area contributed by atoms with Crippen molar-refractivity contribution in [3.63, 3.8) is 0 Å². The second kappa shape index (κ2) is 6.09. The summed E-state index contributed by atoms with van der Waals surface area (Å²) in [5.41, 5.74) is 1.69. The first-order chi connectivity index (χ1) is 12.0. The standard InChI is InChI=1S/C19H19BrN2O3/c1-10-8-13(20)4-5-14(10)21-15(23)6-7-22-18(24)16-11-2-3-12(9-11)17(16)19(22)25/h2-5,8,11-12,16-17H,6-7,9H2,1H3,(H,21,23). The number of halogens is 1. The van der Waals surface area contributed by atoms with Crippen LogP contribution in [-0.2, 0) is 14.4 Å². The first-order valence-electron chi connectivity index (χ1n) is 8.55. The average molecular weight is 403 g/mol. The minimum atomic E-state index is -0.195. The molecule has 2 bridgehead atoms. The lowest BCUT2D eigenvalue weighted by Gasteiger charge is -2.17. The summed E-state index contributed by atoms with van der Waals surface area (Å²) in [5, 5.41) is 2.85. The Hall–Kier alpha value is -1.95. The van der Waals surface area contributed by atoms with Gasteiger partial charge in [-0.15, -0.1) is 0 Å². The van der Waals surface area contributed by atoms with Crippen LogP contribution in [-0.4, -0.2) is 29.2 Å². The zero-order chi connectivity index (χ0) is 17.7. The van der Waals surface area contributed by atoms with E-state index in [1.165, 1.54) is 4.90 Å². The summed E-state index contributed by atoms with van der Waals surface area (Å²) in [5.74, 6) is -0.368. The summed E-state index contributed by atoms with van der Waals surface area (Å²) >= 11 is 3.39. The molecule has 3 aliphatic rings. The molecular weight excluding hydrogens is 384 g/mol. The van der Waals surface area contributed by atoms with Crippen molar-refractivity contribution in [2.75, 3.05) is 11.9 Å². The smallest absolute Gasteiger partial charge is 0.233 e. The van der Waals surface area contributed by atoms with Gasteiger partial charge in [0.2, 0.25) is 17.7 Å². The number of nitrogens with zero attached hydrogens (tertiary/aromatic N) is 1. The molecule has 1 aromatic rings. The van der Waals surface area contributed by atoms with E-state index in [0.29, 0.717) is 0 Å². The second-order valence-electron chi connectivity index (χ2n) is 7.09. The third-order valence-corrected chi connectivity index (χ3v) is 6.08. The van der Waals surface area contributed by atoms with E-state index in [2.05, 4.69) is 33.4 Å². The van der Waals surface area contributed by atoms with Gasteiger partial charge in [-0.1, -0.05) is 28.1 Å². The highest BCUT2D eigenvalue weighted by Gasteiger charge is 2.58. The number of carbonyl (C=O) groups excluding carboxylic acids is 3. The van der Waals surface area contributed by atoms with Crippen LogP contribution in [0.5, 0.6) is 0 Å². The van der Waals surface area contributed by atoms with Gasteiger partial charge in [0, 0.05) is 23.1 Å². The van der Waals surface area contributed by atoms with Crippen LogP contribution >= 0.6 is 15.9 Å². The van der Waals surface area contributed by atoms with Crippen molar-refractivity contribution >= 4 is 39.3 Å². The maximum absolute atomic E-state index is 12.6. The van der Waals surface area contributed by atoms with Crippen molar-refractivity contribution in [3.8, 4) is 0 Å². The van der Waals surface area contributed by atoms with Crippen molar-refractivity contribution in [3.05, 3.63) is 40.4 Å². The first kappa shape index (κ1) is 16.5. The Labute approximate surface area is 154 Å². The quantitative estimate of drug-likeness (QED) is 0.621. The normalized spacial score (nSPS) is 29.4. The highest BCUT2D eigenvalue weighted by Crippen LogP contribution is 2.52. The summed E-state index contributed by atoms with van der Waals surface area (Å²) in [6.45, 7) is 2.07. The van der Waals surface area contributed by atoms with E-state index in [0.717, 1.165) is 22.1 Å². The number of hydrogen-bond acceptors (Lipinski definition) is 3. The van der Waals surface area contributed by atoms with Crippen molar-refractivity contribution < 1.29 is 14.4 Å². The first-order valence-corrected chi connectivity index (χ1v) is 9.34. The second-order valence-corrected chi connectivity index (χ2v) is 8.00. The molecule has 0 aromatic heterocycles. The SMILES string of the molecule is Cc1cc(Br)ccc1NC(=O)CCN1C(=O)C2C3C=CC(C3)C2C1=O. The molecule has 2 aliphatic carbocycles. The molecule has 1 aromatic carbocycles. The number of carbonyl (C=O) groups is 3. The highest BCUT2D eigenvalue weighted by molar-refractivity contribution is 9.10. The summed E-state index contributed by atoms with van der Waals surface area (Å²) < 4.78 is 0.950. The molecule has 1 saturated heterocycles. The molecule has 0 radical (unpaired) electrons. The predicted octanol–water partition coefficient (Wildman–Crippen LogP) is 2.89. The number of anilines is 1. The Balaban J connectivity index is 1.38. The van der Waals surface area contributed by atoms with Gasteiger partial charge in [-0.25, -0.2) is 0 Å². The van der Waals surface area contributed by atoms with Crippen molar-refractivity contribution in [1.29, 1.82) is 0 Å². The van der Waals surface area contributed by atoms with Gasteiger partial charge in [-0.3, -0.25) is 19.3 Å². The fourth-order valence-electron chi connectivity index (χ4n) is 4.38. The molecule has 5 nitrogen and oxygen atoms in total. The van der Waals surface area contributed by atoms with Crippen LogP contribution in [0.1, 0.15) is 18.4 Å². The fraction of sp³-hybridized carbons (Fsp3) is 0.421. The molecule has 0 spiro atoms. The van der Waals surface area contributed by atoms with Crippen LogP contribution in [0.15, 0.2) is 34.8 Å². The lowest BCUT2D eigenvalue weighted by molar-refractivity contribution is -0.140. The van der Waals surface area contributed by atoms with Gasteiger partial charge in [0.1, 0.15) is 0 Å². The molecular formula is C19H19BrN2O3. The molecule has 3 amide bonds. The Morgan fingerprint density at radius 3 is 2.44 bits per heavy atom. The van der Waals surface area contributed by atoms with Crippen LogP contribution in [0.4, 0.5) is 5.69 Å². The minimum Gasteiger partial charge on any atom is -0.326 e. The zero-order valence-corrected chi connectivity index (χ0v) is 15.5. The van der Waals surface area contributed by atoms with Gasteiger partial charge in [0.25, 0.3) is 0 Å². The maximum atomic E-state index is 12.6. The van der Waals surface area contributed by atoms with E-state index in [1.807, 2.05) is 25.1 Å². The van der Waals surface area contributed by atoms with E-state index >= 15 is 0 Å². The van der Waals surface area contributed by atoms with Gasteiger partial charge in [-0.2, -0.15) is 0 Å². The number of hydrogen-bond donors (Lipinski definition) is 1.